The molecule has 0 N–H and O–H groups in total. The minimum absolute atomic E-state index is 0.0355. The lowest BCUT2D eigenvalue weighted by atomic mass is 9.74. The van der Waals surface area contributed by atoms with Crippen molar-refractivity contribution in [3.63, 3.8) is 0 Å². The molecule has 37 heavy (non-hydrogen) atoms. The summed E-state index contributed by atoms with van der Waals surface area (Å²) in [5, 5.41) is 15.9. The molecule has 3 saturated heterocycles. The Labute approximate surface area is 218 Å². The number of ether oxygens (including phenoxy) is 1. The van der Waals surface area contributed by atoms with Crippen molar-refractivity contribution in [2.45, 2.75) is 69.3 Å². The third-order valence-corrected chi connectivity index (χ3v) is 8.53. The first-order chi connectivity index (χ1) is 18.0. The fourth-order valence-electron chi connectivity index (χ4n) is 6.61. The molecule has 0 unspecified atom stereocenters. The van der Waals surface area contributed by atoms with E-state index in [-0.39, 0.29) is 17.9 Å². The average molecular weight is 508 g/mol. The molecule has 2 bridgehead atoms. The Morgan fingerprint density at radius 1 is 1.03 bits per heavy atom. The van der Waals surface area contributed by atoms with Gasteiger partial charge in [-0.1, -0.05) is 56.0 Å². The number of quaternary nitrogens is 1. The van der Waals surface area contributed by atoms with E-state index in [1.807, 2.05) is 24.3 Å². The highest BCUT2D eigenvalue weighted by molar-refractivity contribution is 5.83. The van der Waals surface area contributed by atoms with Crippen LogP contribution in [0.5, 0.6) is 0 Å². The zero-order valence-electron chi connectivity index (χ0n) is 21.4. The average Bonchev–Trinajstić information content (AvgIpc) is 3.18. The van der Waals surface area contributed by atoms with E-state index in [1.165, 1.54) is 12.8 Å². The predicted octanol–water partition coefficient (Wildman–Crippen LogP) is 2.40. The highest BCUT2D eigenvalue weighted by Crippen LogP contribution is 2.42. The van der Waals surface area contributed by atoms with Crippen LogP contribution in [0, 0.1) is 5.92 Å². The van der Waals surface area contributed by atoms with Crippen molar-refractivity contribution in [3.05, 3.63) is 59.9 Å². The molecule has 4 heterocycles. The van der Waals surface area contributed by atoms with Crippen LogP contribution in [-0.2, 0) is 31.0 Å². The lowest BCUT2D eigenvalue weighted by Gasteiger charge is -2.52. The molecule has 198 valence electrons. The molecule has 1 aromatic heterocycles. The number of carbonyl (C=O) groups excluding carboxylic acids is 3. The number of ketones is 1. The number of hydrogen-bond acceptors (Lipinski definition) is 7. The van der Waals surface area contributed by atoms with Crippen LogP contribution in [0.2, 0.25) is 0 Å². The van der Waals surface area contributed by atoms with E-state index in [2.05, 4.69) is 22.3 Å². The number of Topliss-reactive ketones (excluding diaryl/α,β-unsaturated/α-hetero) is 1. The monoisotopic (exact) mass is 507 g/mol. The lowest BCUT2D eigenvalue weighted by Crippen LogP contribution is -2.66. The Balaban J connectivity index is 0.00000102. The Hall–Kier alpha value is -3.13. The summed E-state index contributed by atoms with van der Waals surface area (Å²) in [6.07, 6.45) is 11.9. The summed E-state index contributed by atoms with van der Waals surface area (Å²) in [5.41, 5.74) is 1.48. The van der Waals surface area contributed by atoms with Crippen molar-refractivity contribution in [1.29, 1.82) is 0 Å². The first-order valence-electron chi connectivity index (χ1n) is 13.4. The molecule has 1 aliphatic carbocycles. The summed E-state index contributed by atoms with van der Waals surface area (Å²) < 4.78 is 7.17. The van der Waals surface area contributed by atoms with Gasteiger partial charge in [0.15, 0.2) is 11.9 Å². The zero-order chi connectivity index (χ0) is 26.1. The lowest BCUT2D eigenvalue weighted by molar-refractivity contribution is -0.939. The molecule has 8 nitrogen and oxygen atoms in total. The number of carbonyl (C=O) groups is 3. The molecule has 4 aliphatic rings. The van der Waals surface area contributed by atoms with E-state index in [1.54, 1.807) is 12.4 Å². The normalized spacial score (nSPS) is 26.2. The summed E-state index contributed by atoms with van der Waals surface area (Å²) in [6, 6.07) is 12.1. The highest BCUT2D eigenvalue weighted by atomic mass is 16.5. The summed E-state index contributed by atoms with van der Waals surface area (Å²) in [7, 11) is 0. The van der Waals surface area contributed by atoms with Gasteiger partial charge < -0.3 is 19.1 Å². The van der Waals surface area contributed by atoms with Crippen molar-refractivity contribution in [2.75, 3.05) is 26.2 Å². The molecule has 0 radical (unpaired) electrons. The van der Waals surface area contributed by atoms with Gasteiger partial charge in [0.05, 0.1) is 24.7 Å². The van der Waals surface area contributed by atoms with Crippen molar-refractivity contribution < 1.29 is 28.7 Å². The van der Waals surface area contributed by atoms with Crippen LogP contribution in [-0.4, -0.2) is 65.2 Å². The molecule has 8 heteroatoms. The minimum Gasteiger partial charge on any atom is -0.554 e. The molecule has 1 saturated carbocycles. The second kappa shape index (κ2) is 12.4. The van der Waals surface area contributed by atoms with Crippen LogP contribution in [0.1, 0.15) is 62.5 Å². The van der Waals surface area contributed by atoms with E-state index < -0.39 is 11.9 Å². The Bertz CT molecular complexity index is 1030. The molecule has 6 rings (SSSR count). The van der Waals surface area contributed by atoms with Crippen molar-refractivity contribution >= 4 is 18.2 Å². The van der Waals surface area contributed by atoms with Crippen LogP contribution < -0.4 is 5.11 Å². The van der Waals surface area contributed by atoms with Gasteiger partial charge in [-0.05, 0) is 30.0 Å². The van der Waals surface area contributed by atoms with Gasteiger partial charge in [0.1, 0.15) is 13.1 Å². The van der Waals surface area contributed by atoms with Crippen LogP contribution >= 0.6 is 0 Å². The topological polar surface area (TPSA) is 109 Å². The van der Waals surface area contributed by atoms with Gasteiger partial charge in [-0.15, -0.1) is 0 Å². The van der Waals surface area contributed by atoms with E-state index in [9.17, 15) is 9.59 Å². The van der Waals surface area contributed by atoms with Crippen molar-refractivity contribution in [3.8, 4) is 0 Å². The second-order valence-corrected chi connectivity index (χ2v) is 10.8. The molecule has 0 spiro atoms. The number of piperidine rings is 3. The Morgan fingerprint density at radius 2 is 1.70 bits per heavy atom. The third kappa shape index (κ3) is 6.42. The van der Waals surface area contributed by atoms with Crippen molar-refractivity contribution in [1.82, 2.24) is 10.2 Å². The third-order valence-electron chi connectivity index (χ3n) is 8.53. The van der Waals surface area contributed by atoms with Gasteiger partial charge in [-0.3, -0.25) is 9.59 Å². The maximum atomic E-state index is 13.9. The number of esters is 1. The molecule has 3 aliphatic heterocycles. The number of rotatable bonds is 7. The van der Waals surface area contributed by atoms with Gasteiger partial charge in [0.2, 0.25) is 0 Å². The largest absolute Gasteiger partial charge is 0.554 e. The summed E-state index contributed by atoms with van der Waals surface area (Å²) in [4.78, 5) is 35.1. The number of fused-ring (bicyclic) bond motifs is 3. The quantitative estimate of drug-likeness (QED) is 0.245. The Kier molecular flexibility index (Phi) is 9.03. The first kappa shape index (κ1) is 26.9. The minimum atomic E-state index is -0.529. The molecule has 4 fully saturated rings. The van der Waals surface area contributed by atoms with Gasteiger partial charge in [-0.25, -0.2) is 0 Å². The van der Waals surface area contributed by atoms with Crippen LogP contribution in [0.25, 0.3) is 0 Å². The van der Waals surface area contributed by atoms with Crippen LogP contribution in [0.3, 0.4) is 0 Å². The van der Waals surface area contributed by atoms with Gasteiger partial charge >= 0.3 is 5.97 Å². The van der Waals surface area contributed by atoms with Crippen LogP contribution in [0.4, 0.5) is 0 Å². The fraction of sp³-hybridized carbons (Fsp3) is 0.552. The smallest absolute Gasteiger partial charge is 0.317 e. The summed E-state index contributed by atoms with van der Waals surface area (Å²) >= 11 is 0. The molecule has 0 amide bonds. The number of nitrogens with zero attached hydrogens (tertiary/aromatic N) is 3. The maximum Gasteiger partial charge on any atom is 0.317 e. The number of aromatic nitrogens is 2. The van der Waals surface area contributed by atoms with Gasteiger partial charge in [-0.2, -0.15) is 10.2 Å². The van der Waals surface area contributed by atoms with E-state index >= 15 is 0 Å². The SMILES string of the molecule is O=C(Cc1ccnnc1)C[N+]12CCC(CC1)[C@@H](OC(=O)C1(c3ccccc3)CCCCCC1)C2.O=C[O-]. The van der Waals surface area contributed by atoms with Crippen molar-refractivity contribution in [2.24, 2.45) is 5.92 Å². The van der Waals surface area contributed by atoms with Gasteiger partial charge in [0.25, 0.3) is 0 Å². The van der Waals surface area contributed by atoms with E-state index in [0.717, 1.165) is 73.8 Å². The summed E-state index contributed by atoms with van der Waals surface area (Å²) in [6.45, 7) is 2.78. The second-order valence-electron chi connectivity index (χ2n) is 10.8. The van der Waals surface area contributed by atoms with Crippen LogP contribution in [0.15, 0.2) is 48.8 Å². The standard InChI is InChI=1S/C28H36N3O3.CH2O2/c32-25(18-22-10-15-29-30-19-22)20-31-16-11-23(12-17-31)26(21-31)34-27(33)28(13-6-1-2-7-14-28)24-8-4-3-5-9-24;2-1-3/h3-5,8-10,15,19,23,26H,1-2,6-7,11-14,16-18,20-21H2;1H,(H,2,3)/q+1;/p-1/t23?,26-,31?;/m0./s1. The molecule has 1 aromatic carbocycles. The molecular formula is C29H37N3O5. The number of hydrogen-bond donors (Lipinski definition) is 0. The fourth-order valence-corrected chi connectivity index (χ4v) is 6.61. The van der Waals surface area contributed by atoms with E-state index in [0.29, 0.717) is 18.9 Å². The van der Waals surface area contributed by atoms with E-state index in [4.69, 9.17) is 14.6 Å². The maximum absolute atomic E-state index is 13.9. The Morgan fingerprint density at radius 3 is 2.32 bits per heavy atom. The predicted molar refractivity (Wildman–Crippen MR) is 135 cm³/mol. The number of benzene rings is 1. The summed E-state index contributed by atoms with van der Waals surface area (Å²) in [5.74, 6) is 0.608. The first-order valence-corrected chi connectivity index (χ1v) is 13.4. The molecular weight excluding hydrogens is 470 g/mol. The number of carboxylic acid groups (broad SMARTS) is 1. The van der Waals surface area contributed by atoms with Gasteiger partial charge in [0, 0.05) is 37.8 Å². The molecule has 1 atom stereocenters. The molecule has 2 aromatic rings. The highest BCUT2D eigenvalue weighted by Gasteiger charge is 2.50. The zero-order valence-corrected chi connectivity index (χ0v) is 21.4.